The maximum absolute atomic E-state index is 5.72. The van der Waals surface area contributed by atoms with Gasteiger partial charge in [-0.2, -0.15) is 5.10 Å². The molecule has 0 saturated heterocycles. The van der Waals surface area contributed by atoms with E-state index in [2.05, 4.69) is 53.4 Å². The standard InChI is InChI=1S/C18H32N6O.HI/c1-7-14-22-15-9-8-12(11-24(15)23-14)20-16(19-5)21-13-10-18(4,25-6)17(13,2)3;/h12-13H,7-11H2,1-6H3,(H2,19,20,21);1H. The first kappa shape index (κ1) is 21.4. The lowest BCUT2D eigenvalue weighted by molar-refractivity contribution is -0.176. The number of guanidine groups is 1. The Morgan fingerprint density at radius 2 is 2.08 bits per heavy atom. The third-order valence-electron chi connectivity index (χ3n) is 6.37. The molecule has 0 aromatic carbocycles. The van der Waals surface area contributed by atoms with Crippen molar-refractivity contribution in [1.29, 1.82) is 0 Å². The summed E-state index contributed by atoms with van der Waals surface area (Å²) >= 11 is 0. The predicted octanol–water partition coefficient (Wildman–Crippen LogP) is 2.14. The van der Waals surface area contributed by atoms with Crippen LogP contribution in [0.15, 0.2) is 4.99 Å². The van der Waals surface area contributed by atoms with E-state index in [1.807, 2.05) is 11.7 Å². The summed E-state index contributed by atoms with van der Waals surface area (Å²) in [4.78, 5) is 9.01. The van der Waals surface area contributed by atoms with Gasteiger partial charge >= 0.3 is 0 Å². The monoisotopic (exact) mass is 476 g/mol. The van der Waals surface area contributed by atoms with Crippen molar-refractivity contribution < 1.29 is 4.74 Å². The van der Waals surface area contributed by atoms with E-state index in [9.17, 15) is 0 Å². The number of fused-ring (bicyclic) bond motifs is 1. The molecule has 2 aliphatic rings. The Morgan fingerprint density at radius 3 is 2.65 bits per heavy atom. The number of aryl methyl sites for hydroxylation is 2. The molecule has 1 aromatic heterocycles. The van der Waals surface area contributed by atoms with Gasteiger partial charge in [-0.1, -0.05) is 20.8 Å². The van der Waals surface area contributed by atoms with Crippen molar-refractivity contribution in [3.8, 4) is 0 Å². The molecular weight excluding hydrogens is 443 g/mol. The fourth-order valence-corrected chi connectivity index (χ4v) is 3.88. The van der Waals surface area contributed by atoms with Crippen LogP contribution in [0.3, 0.4) is 0 Å². The molecule has 3 rings (SSSR count). The Morgan fingerprint density at radius 1 is 1.35 bits per heavy atom. The molecule has 0 spiro atoms. The van der Waals surface area contributed by atoms with E-state index in [0.717, 1.165) is 49.8 Å². The molecule has 1 aliphatic carbocycles. The fourth-order valence-electron chi connectivity index (χ4n) is 3.88. The van der Waals surface area contributed by atoms with Crippen molar-refractivity contribution in [3.05, 3.63) is 11.6 Å². The molecule has 1 saturated carbocycles. The molecule has 0 bridgehead atoms. The first-order chi connectivity index (χ1) is 11.8. The number of aliphatic imine (C=N–C) groups is 1. The molecule has 8 heteroatoms. The van der Waals surface area contributed by atoms with Crippen LogP contribution < -0.4 is 10.6 Å². The van der Waals surface area contributed by atoms with Gasteiger partial charge in [0.1, 0.15) is 5.82 Å². The molecule has 1 aliphatic heterocycles. The van der Waals surface area contributed by atoms with Crippen molar-refractivity contribution in [1.82, 2.24) is 25.4 Å². The van der Waals surface area contributed by atoms with Gasteiger partial charge in [0.15, 0.2) is 11.8 Å². The van der Waals surface area contributed by atoms with Gasteiger partial charge in [0.05, 0.1) is 12.1 Å². The largest absolute Gasteiger partial charge is 0.378 e. The predicted molar refractivity (Wildman–Crippen MR) is 114 cm³/mol. The van der Waals surface area contributed by atoms with E-state index >= 15 is 0 Å². The molecular formula is C18H33IN6O. The summed E-state index contributed by atoms with van der Waals surface area (Å²) in [6.07, 6.45) is 3.87. The van der Waals surface area contributed by atoms with Crippen molar-refractivity contribution in [2.75, 3.05) is 14.2 Å². The minimum atomic E-state index is -0.0828. The zero-order chi connectivity index (χ0) is 18.2. The molecule has 2 N–H and O–H groups in total. The van der Waals surface area contributed by atoms with Crippen LogP contribution in [0.4, 0.5) is 0 Å². The van der Waals surface area contributed by atoms with E-state index in [-0.39, 0.29) is 35.0 Å². The Labute approximate surface area is 173 Å². The molecule has 0 amide bonds. The normalized spacial score (nSPS) is 30.0. The topological polar surface area (TPSA) is 76.4 Å². The van der Waals surface area contributed by atoms with Gasteiger partial charge < -0.3 is 15.4 Å². The molecule has 1 aromatic rings. The zero-order valence-electron chi connectivity index (χ0n) is 16.8. The number of nitrogens with zero attached hydrogens (tertiary/aromatic N) is 4. The first-order valence-electron chi connectivity index (χ1n) is 9.30. The number of aromatic nitrogens is 3. The second-order valence-electron chi connectivity index (χ2n) is 7.99. The van der Waals surface area contributed by atoms with Crippen molar-refractivity contribution in [3.63, 3.8) is 0 Å². The molecule has 26 heavy (non-hydrogen) atoms. The van der Waals surface area contributed by atoms with E-state index in [0.29, 0.717) is 12.1 Å². The molecule has 2 heterocycles. The van der Waals surface area contributed by atoms with E-state index in [1.54, 1.807) is 7.11 Å². The molecule has 1 fully saturated rings. The maximum atomic E-state index is 5.72. The van der Waals surface area contributed by atoms with Gasteiger partial charge in [0, 0.05) is 44.5 Å². The lowest BCUT2D eigenvalue weighted by Gasteiger charge is -2.59. The van der Waals surface area contributed by atoms with Crippen molar-refractivity contribution in [2.24, 2.45) is 10.4 Å². The van der Waals surface area contributed by atoms with Crippen LogP contribution in [-0.2, 0) is 24.1 Å². The van der Waals surface area contributed by atoms with Crippen LogP contribution in [-0.4, -0.2) is 52.6 Å². The van der Waals surface area contributed by atoms with Crippen molar-refractivity contribution in [2.45, 2.75) is 77.6 Å². The molecule has 3 atom stereocenters. The summed E-state index contributed by atoms with van der Waals surface area (Å²) < 4.78 is 7.76. The summed E-state index contributed by atoms with van der Waals surface area (Å²) in [5, 5.41) is 11.7. The quantitative estimate of drug-likeness (QED) is 0.396. The van der Waals surface area contributed by atoms with Gasteiger partial charge in [0.25, 0.3) is 0 Å². The van der Waals surface area contributed by atoms with Crippen LogP contribution in [0.25, 0.3) is 0 Å². The number of methoxy groups -OCH3 is 1. The van der Waals surface area contributed by atoms with Crippen LogP contribution in [0.2, 0.25) is 0 Å². The first-order valence-corrected chi connectivity index (χ1v) is 9.30. The van der Waals surface area contributed by atoms with E-state index in [4.69, 9.17) is 4.74 Å². The highest BCUT2D eigenvalue weighted by Gasteiger charge is 2.58. The number of hydrogen-bond donors (Lipinski definition) is 2. The average Bonchev–Trinajstić information content (AvgIpc) is 3.02. The number of ether oxygens (including phenoxy) is 1. The third-order valence-corrected chi connectivity index (χ3v) is 6.37. The fraction of sp³-hybridized carbons (Fsp3) is 0.833. The number of hydrogen-bond acceptors (Lipinski definition) is 4. The van der Waals surface area contributed by atoms with Crippen LogP contribution >= 0.6 is 24.0 Å². The minimum Gasteiger partial charge on any atom is -0.378 e. The zero-order valence-corrected chi connectivity index (χ0v) is 19.1. The SMILES string of the molecule is CCc1nc2n(n1)CC(NC(=NC)NC1CC(C)(OC)C1(C)C)CC2.I. The van der Waals surface area contributed by atoms with Gasteiger partial charge in [-0.05, 0) is 19.8 Å². The Hall–Kier alpha value is -0.900. The van der Waals surface area contributed by atoms with Gasteiger partial charge in [-0.3, -0.25) is 4.99 Å². The van der Waals surface area contributed by atoms with Crippen LogP contribution in [0.5, 0.6) is 0 Å². The highest BCUT2D eigenvalue weighted by Crippen LogP contribution is 2.51. The second kappa shape index (κ2) is 8.00. The van der Waals surface area contributed by atoms with E-state index in [1.165, 1.54) is 0 Å². The summed E-state index contributed by atoms with van der Waals surface area (Å²) in [6.45, 7) is 9.61. The summed E-state index contributed by atoms with van der Waals surface area (Å²) in [5.74, 6) is 2.91. The van der Waals surface area contributed by atoms with Crippen LogP contribution in [0.1, 0.15) is 52.2 Å². The molecule has 7 nitrogen and oxygen atoms in total. The summed E-state index contributed by atoms with van der Waals surface area (Å²) in [6, 6.07) is 0.669. The molecule has 3 unspecified atom stereocenters. The number of rotatable bonds is 4. The number of nitrogens with one attached hydrogen (secondary N) is 2. The Balaban J connectivity index is 0.00000243. The summed E-state index contributed by atoms with van der Waals surface area (Å²) in [5.41, 5.74) is -0.0262. The average molecular weight is 476 g/mol. The Kier molecular flexibility index (Phi) is 6.58. The van der Waals surface area contributed by atoms with Crippen molar-refractivity contribution >= 4 is 29.9 Å². The number of halogens is 1. The molecule has 0 radical (unpaired) electrons. The lowest BCUT2D eigenvalue weighted by atomic mass is 9.56. The summed E-state index contributed by atoms with van der Waals surface area (Å²) in [7, 11) is 3.63. The highest BCUT2D eigenvalue weighted by atomic mass is 127. The van der Waals surface area contributed by atoms with Gasteiger partial charge in [-0.15, -0.1) is 24.0 Å². The maximum Gasteiger partial charge on any atom is 0.191 e. The molecule has 148 valence electrons. The van der Waals surface area contributed by atoms with E-state index < -0.39 is 0 Å². The van der Waals surface area contributed by atoms with Gasteiger partial charge in [0.2, 0.25) is 0 Å². The van der Waals surface area contributed by atoms with Crippen LogP contribution in [0, 0.1) is 5.41 Å². The van der Waals surface area contributed by atoms with Gasteiger partial charge in [-0.25, -0.2) is 9.67 Å². The third kappa shape index (κ3) is 3.72. The lowest BCUT2D eigenvalue weighted by Crippen LogP contribution is -2.69. The smallest absolute Gasteiger partial charge is 0.191 e. The minimum absolute atomic E-state index is 0. The highest BCUT2D eigenvalue weighted by molar-refractivity contribution is 14.0. The second-order valence-corrected chi connectivity index (χ2v) is 7.99. The Bertz CT molecular complexity index is 658.